The normalized spacial score (nSPS) is 17.0. The first-order chi connectivity index (χ1) is 8.35. The molecule has 2 aromatic rings. The summed E-state index contributed by atoms with van der Waals surface area (Å²) < 4.78 is 5.81. The van der Waals surface area contributed by atoms with Crippen molar-refractivity contribution in [1.82, 2.24) is 4.98 Å². The predicted octanol–water partition coefficient (Wildman–Crippen LogP) is 3.54. The summed E-state index contributed by atoms with van der Waals surface area (Å²) in [5.41, 5.74) is 1.41. The maximum Gasteiger partial charge on any atom is 0.195 e. The third-order valence-electron chi connectivity index (χ3n) is 3.41. The number of rotatable bonds is 4. The van der Waals surface area contributed by atoms with Crippen LogP contribution in [0.25, 0.3) is 0 Å². The highest BCUT2D eigenvalue weighted by molar-refractivity contribution is 6.17. The van der Waals surface area contributed by atoms with Crippen LogP contribution < -0.4 is 0 Å². The summed E-state index contributed by atoms with van der Waals surface area (Å²) in [5, 5.41) is 0. The molecule has 0 amide bonds. The average Bonchev–Trinajstić information content (AvgIpc) is 3.06. The minimum atomic E-state index is 0.0822. The Balaban J connectivity index is 1.92. The number of hydrogen-bond donors (Lipinski definition) is 0. The number of nitrogens with zero attached hydrogens (tertiary/aromatic N) is 1. The van der Waals surface area contributed by atoms with Gasteiger partial charge in [-0.25, -0.2) is 4.98 Å². The molecular formula is C14H14ClNO. The Kier molecular flexibility index (Phi) is 2.67. The summed E-state index contributed by atoms with van der Waals surface area (Å²) in [7, 11) is 0. The summed E-state index contributed by atoms with van der Waals surface area (Å²) in [6.45, 7) is 0. The molecule has 0 aliphatic heterocycles. The Morgan fingerprint density at radius 2 is 2.00 bits per heavy atom. The molecule has 0 N–H and O–H groups in total. The van der Waals surface area contributed by atoms with E-state index in [0.29, 0.717) is 12.3 Å². The Labute approximate surface area is 106 Å². The molecule has 0 spiro atoms. The third kappa shape index (κ3) is 1.87. The van der Waals surface area contributed by atoms with Crippen LogP contribution in [0.15, 0.2) is 40.9 Å². The number of oxazole rings is 1. The van der Waals surface area contributed by atoms with Crippen LogP contribution in [-0.2, 0) is 11.8 Å². The molecule has 1 aromatic heterocycles. The lowest BCUT2D eigenvalue weighted by atomic mass is 9.94. The van der Waals surface area contributed by atoms with Gasteiger partial charge in [-0.1, -0.05) is 30.3 Å². The van der Waals surface area contributed by atoms with Gasteiger partial charge in [0.1, 0.15) is 5.76 Å². The monoisotopic (exact) mass is 247 g/mol. The molecule has 3 rings (SSSR count). The van der Waals surface area contributed by atoms with Crippen molar-refractivity contribution < 1.29 is 4.42 Å². The van der Waals surface area contributed by atoms with Crippen LogP contribution in [0.4, 0.5) is 0 Å². The summed E-state index contributed by atoms with van der Waals surface area (Å²) in [6, 6.07) is 10.5. The Morgan fingerprint density at radius 3 is 2.65 bits per heavy atom. The van der Waals surface area contributed by atoms with Gasteiger partial charge in [-0.15, -0.1) is 11.6 Å². The highest BCUT2D eigenvalue weighted by Crippen LogP contribution is 2.53. The van der Waals surface area contributed by atoms with Crippen molar-refractivity contribution in [1.29, 1.82) is 0 Å². The molecule has 17 heavy (non-hydrogen) atoms. The molecule has 88 valence electrons. The van der Waals surface area contributed by atoms with Crippen LogP contribution in [0.2, 0.25) is 0 Å². The molecule has 3 heteroatoms. The number of aryl methyl sites for hydroxylation is 1. The summed E-state index contributed by atoms with van der Waals surface area (Å²) in [6.07, 6.45) is 4.85. The van der Waals surface area contributed by atoms with E-state index >= 15 is 0 Å². The van der Waals surface area contributed by atoms with Gasteiger partial charge >= 0.3 is 0 Å². The first kappa shape index (κ1) is 10.8. The summed E-state index contributed by atoms with van der Waals surface area (Å²) in [4.78, 5) is 4.29. The molecule has 1 aliphatic carbocycles. The molecule has 1 aliphatic rings. The maximum absolute atomic E-state index is 5.81. The van der Waals surface area contributed by atoms with Crippen LogP contribution in [-0.4, -0.2) is 10.9 Å². The van der Waals surface area contributed by atoms with E-state index in [1.807, 2.05) is 12.3 Å². The van der Waals surface area contributed by atoms with Crippen LogP contribution in [0.1, 0.15) is 30.1 Å². The standard InChI is InChI=1S/C14H14ClNO/c15-9-6-13-16-10-12(17-13)14(7-8-14)11-4-2-1-3-5-11/h1-5,10H,6-9H2. The van der Waals surface area contributed by atoms with Gasteiger partial charge in [0.25, 0.3) is 0 Å². The Hall–Kier alpha value is -1.28. The molecule has 2 nitrogen and oxygen atoms in total. The predicted molar refractivity (Wildman–Crippen MR) is 67.4 cm³/mol. The summed E-state index contributed by atoms with van der Waals surface area (Å²) in [5.74, 6) is 2.29. The molecule has 0 saturated heterocycles. The highest BCUT2D eigenvalue weighted by atomic mass is 35.5. The topological polar surface area (TPSA) is 26.0 Å². The number of alkyl halides is 1. The molecule has 0 radical (unpaired) electrons. The lowest BCUT2D eigenvalue weighted by Crippen LogP contribution is -2.06. The van der Waals surface area contributed by atoms with Crippen LogP contribution in [0.3, 0.4) is 0 Å². The van der Waals surface area contributed by atoms with Crippen LogP contribution in [0.5, 0.6) is 0 Å². The van der Waals surface area contributed by atoms with E-state index in [2.05, 4.69) is 29.2 Å². The van der Waals surface area contributed by atoms with Gasteiger partial charge in [0.2, 0.25) is 0 Å². The largest absolute Gasteiger partial charge is 0.445 e. The molecule has 1 aromatic carbocycles. The average molecular weight is 248 g/mol. The van der Waals surface area contributed by atoms with Crippen LogP contribution in [0, 0.1) is 0 Å². The van der Waals surface area contributed by atoms with Gasteiger partial charge < -0.3 is 4.42 Å². The van der Waals surface area contributed by atoms with Crippen molar-refractivity contribution in [2.24, 2.45) is 0 Å². The second-order valence-electron chi connectivity index (χ2n) is 4.51. The van der Waals surface area contributed by atoms with E-state index in [1.54, 1.807) is 0 Å². The van der Waals surface area contributed by atoms with Crippen molar-refractivity contribution in [2.75, 3.05) is 5.88 Å². The molecule has 0 bridgehead atoms. The van der Waals surface area contributed by atoms with Crippen molar-refractivity contribution in [3.05, 3.63) is 53.7 Å². The maximum atomic E-state index is 5.81. The zero-order valence-electron chi connectivity index (χ0n) is 9.53. The minimum absolute atomic E-state index is 0.0822. The zero-order valence-corrected chi connectivity index (χ0v) is 10.3. The van der Waals surface area contributed by atoms with E-state index in [1.165, 1.54) is 5.56 Å². The molecule has 1 heterocycles. The number of hydrogen-bond acceptors (Lipinski definition) is 2. The van der Waals surface area contributed by atoms with Crippen molar-refractivity contribution in [2.45, 2.75) is 24.7 Å². The van der Waals surface area contributed by atoms with Gasteiger partial charge in [0.05, 0.1) is 11.6 Å². The second kappa shape index (κ2) is 4.19. The van der Waals surface area contributed by atoms with E-state index in [9.17, 15) is 0 Å². The fourth-order valence-corrected chi connectivity index (χ4v) is 2.45. The van der Waals surface area contributed by atoms with Crippen molar-refractivity contribution >= 4 is 11.6 Å². The van der Waals surface area contributed by atoms with Gasteiger partial charge in [-0.05, 0) is 18.4 Å². The van der Waals surface area contributed by atoms with Gasteiger partial charge in [0.15, 0.2) is 5.89 Å². The van der Waals surface area contributed by atoms with Crippen LogP contribution >= 0.6 is 11.6 Å². The van der Waals surface area contributed by atoms with Gasteiger partial charge in [-0.2, -0.15) is 0 Å². The van der Waals surface area contributed by atoms with E-state index in [4.69, 9.17) is 16.0 Å². The number of aromatic nitrogens is 1. The fraction of sp³-hybridized carbons (Fsp3) is 0.357. The van der Waals surface area contributed by atoms with E-state index in [0.717, 1.165) is 24.5 Å². The van der Waals surface area contributed by atoms with E-state index < -0.39 is 0 Å². The zero-order chi connectivity index (χ0) is 11.7. The molecular weight excluding hydrogens is 234 g/mol. The van der Waals surface area contributed by atoms with Crippen molar-refractivity contribution in [3.8, 4) is 0 Å². The second-order valence-corrected chi connectivity index (χ2v) is 4.88. The van der Waals surface area contributed by atoms with E-state index in [-0.39, 0.29) is 5.41 Å². The van der Waals surface area contributed by atoms with Gasteiger partial charge in [-0.3, -0.25) is 0 Å². The molecule has 0 unspecified atom stereocenters. The lowest BCUT2D eigenvalue weighted by molar-refractivity contribution is 0.437. The third-order valence-corrected chi connectivity index (χ3v) is 3.60. The molecule has 0 atom stereocenters. The van der Waals surface area contributed by atoms with Crippen molar-refractivity contribution in [3.63, 3.8) is 0 Å². The first-order valence-corrected chi connectivity index (χ1v) is 6.45. The first-order valence-electron chi connectivity index (χ1n) is 5.92. The highest BCUT2D eigenvalue weighted by Gasteiger charge is 2.48. The Morgan fingerprint density at radius 1 is 1.24 bits per heavy atom. The fourth-order valence-electron chi connectivity index (χ4n) is 2.29. The SMILES string of the molecule is ClCCc1ncc(C2(c3ccccc3)CC2)o1. The lowest BCUT2D eigenvalue weighted by Gasteiger charge is -2.11. The number of benzene rings is 1. The van der Waals surface area contributed by atoms with Gasteiger partial charge in [0, 0.05) is 12.3 Å². The number of halogens is 1. The molecule has 1 fully saturated rings. The minimum Gasteiger partial charge on any atom is -0.445 e. The quantitative estimate of drug-likeness (QED) is 0.773. The Bertz CT molecular complexity index is 502. The molecule has 1 saturated carbocycles. The summed E-state index contributed by atoms with van der Waals surface area (Å²) >= 11 is 5.69. The smallest absolute Gasteiger partial charge is 0.195 e.